The second kappa shape index (κ2) is 4.69. The van der Waals surface area contributed by atoms with Crippen molar-refractivity contribution in [2.45, 2.75) is 31.7 Å². The first-order valence-corrected chi connectivity index (χ1v) is 6.69. The molecular weight excluding hydrogens is 285 g/mol. The molecule has 0 saturated heterocycles. The maximum Gasteiger partial charge on any atom is 0.243 e. The Hall–Kier alpha value is -1.26. The molecule has 4 nitrogen and oxygen atoms in total. The standard InChI is InChI=1S/C13H15Cl2N3O/c1-7(14)11-17-9-6-4-5-8(15)10(9)18(11)13(2,3)12(16)19/h4-7H,1-3H3,(H2,16,19). The molecule has 1 atom stereocenters. The molecule has 0 aliphatic rings. The van der Waals surface area contributed by atoms with Gasteiger partial charge in [0.1, 0.15) is 11.4 Å². The van der Waals surface area contributed by atoms with E-state index >= 15 is 0 Å². The van der Waals surface area contributed by atoms with Crippen LogP contribution >= 0.6 is 23.2 Å². The number of nitrogens with zero attached hydrogens (tertiary/aromatic N) is 2. The molecule has 2 rings (SSSR count). The third kappa shape index (κ3) is 2.19. The van der Waals surface area contributed by atoms with Crippen LogP contribution in [0.2, 0.25) is 5.02 Å². The monoisotopic (exact) mass is 299 g/mol. The number of hydrogen-bond acceptors (Lipinski definition) is 2. The molecule has 6 heteroatoms. The van der Waals surface area contributed by atoms with Crippen LogP contribution in [0.3, 0.4) is 0 Å². The van der Waals surface area contributed by atoms with Crippen molar-refractivity contribution in [1.29, 1.82) is 0 Å². The summed E-state index contributed by atoms with van der Waals surface area (Å²) in [7, 11) is 0. The van der Waals surface area contributed by atoms with Gasteiger partial charge in [0.15, 0.2) is 0 Å². The summed E-state index contributed by atoms with van der Waals surface area (Å²) in [4.78, 5) is 16.2. The fourth-order valence-corrected chi connectivity index (χ4v) is 2.45. The molecule has 1 heterocycles. The first-order valence-electron chi connectivity index (χ1n) is 5.88. The number of carbonyl (C=O) groups is 1. The van der Waals surface area contributed by atoms with Crippen molar-refractivity contribution >= 4 is 40.1 Å². The minimum Gasteiger partial charge on any atom is -0.368 e. The molecular formula is C13H15Cl2N3O. The van der Waals surface area contributed by atoms with E-state index in [1.807, 2.05) is 12.1 Å². The van der Waals surface area contributed by atoms with E-state index in [0.29, 0.717) is 21.9 Å². The first-order chi connectivity index (χ1) is 8.76. The Labute approximate surface area is 121 Å². The van der Waals surface area contributed by atoms with Gasteiger partial charge < -0.3 is 10.3 Å². The maximum atomic E-state index is 11.7. The van der Waals surface area contributed by atoms with Crippen LogP contribution in [0.5, 0.6) is 0 Å². The van der Waals surface area contributed by atoms with Crippen molar-refractivity contribution < 1.29 is 4.79 Å². The molecule has 0 radical (unpaired) electrons. The number of amides is 1. The number of halogens is 2. The Kier molecular flexibility index (Phi) is 3.49. The summed E-state index contributed by atoms with van der Waals surface area (Å²) in [6.45, 7) is 5.25. The third-order valence-electron chi connectivity index (χ3n) is 3.17. The molecule has 102 valence electrons. The number of aromatic nitrogens is 2. The molecule has 1 aromatic carbocycles. The number of rotatable bonds is 3. The summed E-state index contributed by atoms with van der Waals surface area (Å²) in [6, 6.07) is 5.39. The molecule has 1 amide bonds. The number of nitrogens with two attached hydrogens (primary N) is 1. The predicted octanol–water partition coefficient (Wildman–Crippen LogP) is 3.21. The summed E-state index contributed by atoms with van der Waals surface area (Å²) >= 11 is 12.4. The van der Waals surface area contributed by atoms with Gasteiger partial charge in [-0.25, -0.2) is 4.98 Å². The van der Waals surface area contributed by atoms with Crippen LogP contribution in [0.4, 0.5) is 0 Å². The van der Waals surface area contributed by atoms with Gasteiger partial charge >= 0.3 is 0 Å². The minimum atomic E-state index is -0.960. The zero-order chi connectivity index (χ0) is 14.4. The van der Waals surface area contributed by atoms with Crippen LogP contribution in [0.1, 0.15) is 32.0 Å². The fraction of sp³-hybridized carbons (Fsp3) is 0.385. The van der Waals surface area contributed by atoms with E-state index in [4.69, 9.17) is 28.9 Å². The van der Waals surface area contributed by atoms with E-state index in [1.165, 1.54) is 0 Å². The second-order valence-corrected chi connectivity index (χ2v) is 6.01. The van der Waals surface area contributed by atoms with Gasteiger partial charge in [0, 0.05) is 0 Å². The lowest BCUT2D eigenvalue weighted by molar-refractivity contribution is -0.125. The molecule has 0 fully saturated rings. The Morgan fingerprint density at radius 3 is 2.63 bits per heavy atom. The van der Waals surface area contributed by atoms with E-state index < -0.39 is 11.4 Å². The van der Waals surface area contributed by atoms with Crippen LogP contribution in [-0.4, -0.2) is 15.5 Å². The second-order valence-electron chi connectivity index (χ2n) is 4.95. The lowest BCUT2D eigenvalue weighted by Gasteiger charge is -2.26. The molecule has 0 bridgehead atoms. The lowest BCUT2D eigenvalue weighted by Crippen LogP contribution is -2.42. The molecule has 2 N–H and O–H groups in total. The van der Waals surface area contributed by atoms with Crippen LogP contribution < -0.4 is 5.73 Å². The number of hydrogen-bond donors (Lipinski definition) is 1. The molecule has 1 unspecified atom stereocenters. The first kappa shape index (κ1) is 14.2. The van der Waals surface area contributed by atoms with Crippen molar-refractivity contribution in [2.75, 3.05) is 0 Å². The number of benzene rings is 1. The van der Waals surface area contributed by atoms with E-state index in [9.17, 15) is 4.79 Å². The average molecular weight is 300 g/mol. The smallest absolute Gasteiger partial charge is 0.243 e. The van der Waals surface area contributed by atoms with Gasteiger partial charge in [-0.3, -0.25) is 4.79 Å². The van der Waals surface area contributed by atoms with Gasteiger partial charge in [-0.1, -0.05) is 17.7 Å². The summed E-state index contributed by atoms with van der Waals surface area (Å²) < 4.78 is 1.73. The highest BCUT2D eigenvalue weighted by atomic mass is 35.5. The number of alkyl halides is 1. The van der Waals surface area contributed by atoms with Gasteiger partial charge in [-0.05, 0) is 32.9 Å². The lowest BCUT2D eigenvalue weighted by atomic mass is 10.0. The van der Waals surface area contributed by atoms with E-state index in [0.717, 1.165) is 0 Å². The number of para-hydroxylation sites is 1. The highest BCUT2D eigenvalue weighted by Crippen LogP contribution is 2.34. The average Bonchev–Trinajstić information content (AvgIpc) is 2.70. The Balaban J connectivity index is 2.90. The van der Waals surface area contributed by atoms with Crippen LogP contribution in [0.15, 0.2) is 18.2 Å². The summed E-state index contributed by atoms with van der Waals surface area (Å²) in [5.41, 5.74) is 5.91. The Bertz CT molecular complexity index is 647. The third-order valence-corrected chi connectivity index (χ3v) is 3.67. The normalized spacial score (nSPS) is 13.7. The van der Waals surface area contributed by atoms with Crippen molar-refractivity contribution in [3.05, 3.63) is 29.0 Å². The van der Waals surface area contributed by atoms with Crippen molar-refractivity contribution in [1.82, 2.24) is 9.55 Å². The molecule has 0 saturated carbocycles. The molecule has 1 aromatic heterocycles. The topological polar surface area (TPSA) is 60.9 Å². The van der Waals surface area contributed by atoms with Gasteiger partial charge in [0.2, 0.25) is 5.91 Å². The van der Waals surface area contributed by atoms with E-state index in [-0.39, 0.29) is 5.38 Å². The zero-order valence-corrected chi connectivity index (χ0v) is 12.5. The van der Waals surface area contributed by atoms with Gasteiger partial charge in [-0.2, -0.15) is 0 Å². The number of fused-ring (bicyclic) bond motifs is 1. The molecule has 0 aliphatic carbocycles. The minimum absolute atomic E-state index is 0.359. The number of primary amides is 1. The maximum absolute atomic E-state index is 11.7. The summed E-state index contributed by atoms with van der Waals surface area (Å²) in [5, 5.41) is 0.157. The molecule has 19 heavy (non-hydrogen) atoms. The van der Waals surface area contributed by atoms with E-state index in [2.05, 4.69) is 4.98 Å². The van der Waals surface area contributed by atoms with E-state index in [1.54, 1.807) is 31.4 Å². The fourth-order valence-electron chi connectivity index (χ4n) is 2.05. The largest absolute Gasteiger partial charge is 0.368 e. The predicted molar refractivity (Wildman–Crippen MR) is 77.5 cm³/mol. The number of imidazole rings is 1. The quantitative estimate of drug-likeness (QED) is 0.885. The van der Waals surface area contributed by atoms with Crippen LogP contribution in [0, 0.1) is 0 Å². The summed E-state index contributed by atoms with van der Waals surface area (Å²) in [5.74, 6) is 0.110. The zero-order valence-electron chi connectivity index (χ0n) is 10.9. The van der Waals surface area contributed by atoms with Gasteiger partial charge in [-0.15, -0.1) is 11.6 Å². The number of carbonyl (C=O) groups excluding carboxylic acids is 1. The van der Waals surface area contributed by atoms with Gasteiger partial charge in [0.25, 0.3) is 0 Å². The highest BCUT2D eigenvalue weighted by molar-refractivity contribution is 6.35. The molecule has 0 aliphatic heterocycles. The van der Waals surface area contributed by atoms with Gasteiger partial charge in [0.05, 0.1) is 21.4 Å². The van der Waals surface area contributed by atoms with Crippen molar-refractivity contribution in [3.63, 3.8) is 0 Å². The summed E-state index contributed by atoms with van der Waals surface area (Å²) in [6.07, 6.45) is 0. The van der Waals surface area contributed by atoms with Crippen molar-refractivity contribution in [2.24, 2.45) is 5.73 Å². The van der Waals surface area contributed by atoms with Crippen LogP contribution in [0.25, 0.3) is 11.0 Å². The Morgan fingerprint density at radius 2 is 2.11 bits per heavy atom. The van der Waals surface area contributed by atoms with Crippen molar-refractivity contribution in [3.8, 4) is 0 Å². The Morgan fingerprint density at radius 1 is 1.47 bits per heavy atom. The molecule has 2 aromatic rings. The molecule has 0 spiro atoms. The highest BCUT2D eigenvalue weighted by Gasteiger charge is 2.33. The van der Waals surface area contributed by atoms with Crippen LogP contribution in [-0.2, 0) is 10.3 Å². The SMILES string of the molecule is CC(Cl)c1nc2cccc(Cl)c2n1C(C)(C)C(N)=O.